The first kappa shape index (κ1) is 21.0. The first-order valence-electron chi connectivity index (χ1n) is 9.00. The van der Waals surface area contributed by atoms with E-state index in [-0.39, 0.29) is 6.61 Å². The molecule has 0 aromatic heterocycles. The minimum Gasteiger partial charge on any atom is -0.493 e. The van der Waals surface area contributed by atoms with Crippen LogP contribution in [-0.2, 0) is 17.8 Å². The normalized spacial score (nSPS) is 12.0. The second kappa shape index (κ2) is 11.4. The Hall–Kier alpha value is -2.34. The molecule has 0 saturated heterocycles. The second-order valence-corrected chi connectivity index (χ2v) is 6.32. The van der Waals surface area contributed by atoms with Crippen LogP contribution >= 0.6 is 0 Å². The lowest BCUT2D eigenvalue weighted by molar-refractivity contribution is 0.0228. The maximum Gasteiger partial charge on any atom is 0.161 e. The smallest absolute Gasteiger partial charge is 0.161 e. The average molecular weight is 371 g/mol. The van der Waals surface area contributed by atoms with Crippen molar-refractivity contribution in [3.63, 3.8) is 0 Å². The van der Waals surface area contributed by atoms with E-state index in [1.54, 1.807) is 20.3 Å². The Labute approximate surface area is 161 Å². The van der Waals surface area contributed by atoms with Crippen molar-refractivity contribution in [1.29, 1.82) is 0 Å². The molecule has 146 valence electrons. The largest absolute Gasteiger partial charge is 0.493 e. The fourth-order valence-electron chi connectivity index (χ4n) is 2.90. The van der Waals surface area contributed by atoms with Gasteiger partial charge in [0.25, 0.3) is 0 Å². The Morgan fingerprint density at radius 2 is 1.70 bits per heavy atom. The van der Waals surface area contributed by atoms with Crippen LogP contribution in [0.4, 0.5) is 0 Å². The van der Waals surface area contributed by atoms with E-state index in [9.17, 15) is 5.11 Å². The number of aliphatic hydroxyl groups excluding tert-OH is 1. The summed E-state index contributed by atoms with van der Waals surface area (Å²) in [6.07, 6.45) is 1.10. The molecule has 0 aliphatic rings. The number of nitrogens with zero attached hydrogens (tertiary/aromatic N) is 1. The van der Waals surface area contributed by atoms with Crippen LogP contribution in [-0.4, -0.2) is 50.1 Å². The van der Waals surface area contributed by atoms with Gasteiger partial charge in [-0.1, -0.05) is 42.5 Å². The molecule has 1 unspecified atom stereocenters. The molecule has 1 N–H and O–H groups in total. The third kappa shape index (κ3) is 7.06. The van der Waals surface area contributed by atoms with Gasteiger partial charge >= 0.3 is 0 Å². The molecule has 2 aromatic rings. The fraction of sp³-hybridized carbons (Fsp3) is 0.364. The molecule has 27 heavy (non-hydrogen) atoms. The number of methoxy groups -OCH3 is 2. The molecule has 5 heteroatoms. The third-order valence-electron chi connectivity index (χ3n) is 4.12. The molecule has 0 spiro atoms. The van der Waals surface area contributed by atoms with Gasteiger partial charge in [0.15, 0.2) is 11.5 Å². The van der Waals surface area contributed by atoms with Gasteiger partial charge in [-0.15, -0.1) is 6.58 Å². The van der Waals surface area contributed by atoms with E-state index in [0.717, 1.165) is 12.1 Å². The predicted molar refractivity (Wildman–Crippen MR) is 107 cm³/mol. The van der Waals surface area contributed by atoms with Crippen molar-refractivity contribution in [2.45, 2.75) is 19.2 Å². The summed E-state index contributed by atoms with van der Waals surface area (Å²) in [5.41, 5.74) is 2.28. The zero-order chi connectivity index (χ0) is 19.5. The zero-order valence-electron chi connectivity index (χ0n) is 16.1. The van der Waals surface area contributed by atoms with Crippen LogP contribution in [0.5, 0.6) is 11.5 Å². The molecule has 1 atom stereocenters. The lowest BCUT2D eigenvalue weighted by Gasteiger charge is -2.25. The lowest BCUT2D eigenvalue weighted by Crippen LogP contribution is -2.34. The molecule has 0 aliphatic carbocycles. The van der Waals surface area contributed by atoms with E-state index in [1.165, 1.54) is 5.56 Å². The Morgan fingerprint density at radius 3 is 2.37 bits per heavy atom. The number of rotatable bonds is 12. The van der Waals surface area contributed by atoms with Crippen LogP contribution in [0.15, 0.2) is 61.2 Å². The van der Waals surface area contributed by atoms with Crippen molar-refractivity contribution in [2.24, 2.45) is 0 Å². The predicted octanol–water partition coefficient (Wildman–Crippen LogP) is 3.27. The molecular weight excluding hydrogens is 342 g/mol. The van der Waals surface area contributed by atoms with Gasteiger partial charge in [0.1, 0.15) is 0 Å². The fourth-order valence-corrected chi connectivity index (χ4v) is 2.90. The van der Waals surface area contributed by atoms with Gasteiger partial charge in [-0.05, 0) is 23.3 Å². The molecule has 0 heterocycles. The second-order valence-electron chi connectivity index (χ2n) is 6.32. The minimum absolute atomic E-state index is 0.281. The van der Waals surface area contributed by atoms with Crippen LogP contribution in [0.2, 0.25) is 0 Å². The van der Waals surface area contributed by atoms with Gasteiger partial charge in [-0.3, -0.25) is 4.90 Å². The highest BCUT2D eigenvalue weighted by molar-refractivity contribution is 5.42. The monoisotopic (exact) mass is 371 g/mol. The molecule has 0 aliphatic heterocycles. The van der Waals surface area contributed by atoms with Crippen LogP contribution in [0.25, 0.3) is 0 Å². The highest BCUT2D eigenvalue weighted by Gasteiger charge is 2.14. The number of aliphatic hydroxyl groups is 1. The van der Waals surface area contributed by atoms with Gasteiger partial charge in [-0.25, -0.2) is 0 Å². The molecule has 0 saturated carbocycles. The average Bonchev–Trinajstić information content (AvgIpc) is 2.68. The number of hydrogen-bond donors (Lipinski definition) is 1. The highest BCUT2D eigenvalue weighted by atomic mass is 16.5. The Kier molecular flexibility index (Phi) is 8.84. The zero-order valence-corrected chi connectivity index (χ0v) is 16.1. The quantitative estimate of drug-likeness (QED) is 0.458. The van der Waals surface area contributed by atoms with Gasteiger partial charge in [-0.2, -0.15) is 0 Å². The molecule has 0 fully saturated rings. The van der Waals surface area contributed by atoms with E-state index < -0.39 is 6.10 Å². The Morgan fingerprint density at radius 1 is 1.00 bits per heavy atom. The summed E-state index contributed by atoms with van der Waals surface area (Å²) in [5, 5.41) is 10.3. The molecular formula is C22H29NO4. The summed E-state index contributed by atoms with van der Waals surface area (Å²) in [6, 6.07) is 16.1. The molecule has 5 nitrogen and oxygen atoms in total. The summed E-state index contributed by atoms with van der Waals surface area (Å²) in [6.45, 7) is 6.24. The maximum atomic E-state index is 10.3. The van der Waals surface area contributed by atoms with Crippen LogP contribution in [0, 0.1) is 0 Å². The van der Waals surface area contributed by atoms with Crippen molar-refractivity contribution < 1.29 is 19.3 Å². The Balaban J connectivity index is 2.09. The molecule has 0 bridgehead atoms. The topological polar surface area (TPSA) is 51.2 Å². The summed E-state index contributed by atoms with van der Waals surface area (Å²) in [5.74, 6) is 1.40. The maximum absolute atomic E-state index is 10.3. The minimum atomic E-state index is -0.575. The molecule has 0 amide bonds. The molecule has 0 radical (unpaired) electrons. The number of hydrogen-bond acceptors (Lipinski definition) is 5. The van der Waals surface area contributed by atoms with Crippen molar-refractivity contribution in [2.75, 3.05) is 34.0 Å². The van der Waals surface area contributed by atoms with Gasteiger partial charge in [0, 0.05) is 19.6 Å². The van der Waals surface area contributed by atoms with E-state index in [0.29, 0.717) is 31.2 Å². The van der Waals surface area contributed by atoms with Crippen LogP contribution in [0.1, 0.15) is 11.1 Å². The first-order chi connectivity index (χ1) is 13.2. The summed E-state index contributed by atoms with van der Waals surface area (Å²) >= 11 is 0. The molecule has 2 aromatic carbocycles. The van der Waals surface area contributed by atoms with Crippen molar-refractivity contribution in [3.05, 3.63) is 72.3 Å². The van der Waals surface area contributed by atoms with Gasteiger partial charge in [0.2, 0.25) is 0 Å². The summed E-state index contributed by atoms with van der Waals surface area (Å²) < 4.78 is 16.1. The molecule has 2 rings (SSSR count). The standard InChI is InChI=1S/C22H29NO4/c1-4-12-27-17-20(24)16-23(14-18-8-6-5-7-9-18)15-19-10-11-21(25-2)22(13-19)26-3/h4-11,13,20,24H,1,12,14-17H2,2-3H3. The van der Waals surface area contributed by atoms with E-state index >= 15 is 0 Å². The number of ether oxygens (including phenoxy) is 3. The van der Waals surface area contributed by atoms with E-state index in [2.05, 4.69) is 23.6 Å². The highest BCUT2D eigenvalue weighted by Crippen LogP contribution is 2.28. The third-order valence-corrected chi connectivity index (χ3v) is 4.12. The van der Waals surface area contributed by atoms with Gasteiger partial charge in [0.05, 0.1) is 33.5 Å². The van der Waals surface area contributed by atoms with Crippen LogP contribution in [0.3, 0.4) is 0 Å². The van der Waals surface area contributed by atoms with E-state index in [4.69, 9.17) is 14.2 Å². The summed E-state index contributed by atoms with van der Waals surface area (Å²) in [4.78, 5) is 2.19. The number of benzene rings is 2. The first-order valence-corrected chi connectivity index (χ1v) is 9.00. The van der Waals surface area contributed by atoms with Crippen molar-refractivity contribution in [3.8, 4) is 11.5 Å². The van der Waals surface area contributed by atoms with Crippen LogP contribution < -0.4 is 9.47 Å². The van der Waals surface area contributed by atoms with Crippen molar-refractivity contribution >= 4 is 0 Å². The summed E-state index contributed by atoms with van der Waals surface area (Å²) in [7, 11) is 3.25. The van der Waals surface area contributed by atoms with E-state index in [1.807, 2.05) is 36.4 Å². The lowest BCUT2D eigenvalue weighted by atomic mass is 10.1. The van der Waals surface area contributed by atoms with Crippen molar-refractivity contribution in [1.82, 2.24) is 4.90 Å². The SMILES string of the molecule is C=CCOCC(O)CN(Cc1ccccc1)Cc1ccc(OC)c(OC)c1. The van der Waals surface area contributed by atoms with Gasteiger partial charge < -0.3 is 19.3 Å². The Bertz CT molecular complexity index is 690.